The maximum atomic E-state index is 12.2. The summed E-state index contributed by atoms with van der Waals surface area (Å²) in [6.07, 6.45) is 4.75. The summed E-state index contributed by atoms with van der Waals surface area (Å²) in [5.74, 6) is 1.25. The number of pyridine rings is 1. The molecule has 1 aliphatic rings. The van der Waals surface area contributed by atoms with E-state index in [0.29, 0.717) is 0 Å². The standard InChI is InChI=1S/C28H18NO2.C15H28O2.Ir/c1-28(2)24-16(20-14-15-23-26(29-20)18-9-4-6-13-22(18)30-23)10-7-11-19(24)27-25(28)17-8-3-5-12-21(17)31-27;1-7-14(5,8-2)12(16)11-13(17)15(6,9-3)10-4;/h3-9,11-15H,1-2H3;11,16H,7-10H2,1-6H3;/q-1;;/b;12-11-;. The minimum absolute atomic E-state index is 0. The molecule has 0 atom stereocenters. The molecule has 5 nitrogen and oxygen atoms in total. The SMILES string of the molecule is CC1(C)c2c(-c3ccc4oc5ccccc5c4n3)[c-]ccc2-c2oc3ccccc3c21.CCC(C)(CC)C(=O)/C=C(\O)C(C)(CC)CC.[Ir]. The van der Waals surface area contributed by atoms with Gasteiger partial charge in [-0.05, 0) is 61.1 Å². The number of benzene rings is 3. The Morgan fingerprint density at radius 2 is 1.39 bits per heavy atom. The van der Waals surface area contributed by atoms with Gasteiger partial charge in [-0.3, -0.25) is 9.78 Å². The summed E-state index contributed by atoms with van der Waals surface area (Å²) >= 11 is 0. The smallest absolute Gasteiger partial charge is 0.164 e. The first-order chi connectivity index (χ1) is 22.9. The number of fused-ring (bicyclic) bond motifs is 8. The van der Waals surface area contributed by atoms with Gasteiger partial charge in [0.05, 0.1) is 0 Å². The Morgan fingerprint density at radius 3 is 2.02 bits per heavy atom. The van der Waals surface area contributed by atoms with E-state index in [-0.39, 0.29) is 47.9 Å². The van der Waals surface area contributed by atoms with Crippen molar-refractivity contribution in [2.75, 3.05) is 0 Å². The zero-order valence-corrected chi connectivity index (χ0v) is 32.2. The average Bonchev–Trinajstić information content (AvgIpc) is 3.75. The third kappa shape index (κ3) is 6.08. The van der Waals surface area contributed by atoms with E-state index in [2.05, 4.69) is 44.2 Å². The number of ketones is 1. The number of hydrogen-bond donors (Lipinski definition) is 1. The van der Waals surface area contributed by atoms with Gasteiger partial charge in [-0.1, -0.05) is 97.4 Å². The monoisotopic (exact) mass is 833 g/mol. The topological polar surface area (TPSA) is 76.5 Å². The van der Waals surface area contributed by atoms with Crippen molar-refractivity contribution in [1.29, 1.82) is 0 Å². The molecule has 0 aliphatic heterocycles. The first-order valence-electron chi connectivity index (χ1n) is 17.2. The summed E-state index contributed by atoms with van der Waals surface area (Å²) in [6.45, 7) is 16.6. The Bertz CT molecular complexity index is 2170. The zero-order valence-electron chi connectivity index (χ0n) is 29.8. The minimum atomic E-state index is -0.337. The molecule has 6 aromatic rings. The third-order valence-corrected chi connectivity index (χ3v) is 11.2. The van der Waals surface area contributed by atoms with Gasteiger partial charge in [0.25, 0.3) is 0 Å². The predicted octanol–water partition coefficient (Wildman–Crippen LogP) is 12.1. The number of aromatic nitrogens is 1. The van der Waals surface area contributed by atoms with Gasteiger partial charge >= 0.3 is 0 Å². The molecule has 257 valence electrons. The van der Waals surface area contributed by atoms with Crippen LogP contribution in [0.2, 0.25) is 0 Å². The number of aliphatic hydroxyl groups excluding tert-OH is 1. The van der Waals surface area contributed by atoms with Gasteiger partial charge in [0.1, 0.15) is 28.2 Å². The Hall–Kier alpha value is -3.99. The molecule has 0 unspecified atom stereocenters. The maximum absolute atomic E-state index is 12.2. The number of rotatable bonds is 8. The summed E-state index contributed by atoms with van der Waals surface area (Å²) in [7, 11) is 0. The van der Waals surface area contributed by atoms with Gasteiger partial charge in [-0.25, -0.2) is 0 Å². The molecule has 3 aromatic carbocycles. The fourth-order valence-corrected chi connectivity index (χ4v) is 6.93. The van der Waals surface area contributed by atoms with Crippen molar-refractivity contribution in [2.24, 2.45) is 10.8 Å². The Morgan fingerprint density at radius 1 is 0.796 bits per heavy atom. The van der Waals surface area contributed by atoms with Crippen LogP contribution in [0.25, 0.3) is 55.6 Å². The van der Waals surface area contributed by atoms with Crippen molar-refractivity contribution in [3.8, 4) is 22.6 Å². The first kappa shape index (κ1) is 36.3. The van der Waals surface area contributed by atoms with Crippen LogP contribution >= 0.6 is 0 Å². The number of aliphatic hydroxyl groups is 1. The number of allylic oxidation sites excluding steroid dienone is 2. The van der Waals surface area contributed by atoms with Gasteiger partial charge in [0, 0.05) is 53.3 Å². The van der Waals surface area contributed by atoms with Gasteiger partial charge in [0.15, 0.2) is 11.4 Å². The molecular formula is C43H46IrNO4-. The number of carbonyl (C=O) groups is 1. The number of furan rings is 2. The molecule has 6 heteroatoms. The van der Waals surface area contributed by atoms with Crippen molar-refractivity contribution in [3.63, 3.8) is 0 Å². The molecule has 7 rings (SSSR count). The second-order valence-electron chi connectivity index (χ2n) is 14.1. The minimum Gasteiger partial charge on any atom is -0.512 e. The van der Waals surface area contributed by atoms with Crippen molar-refractivity contribution in [1.82, 2.24) is 4.98 Å². The molecule has 0 fully saturated rings. The van der Waals surface area contributed by atoms with Crippen molar-refractivity contribution in [3.05, 3.63) is 102 Å². The van der Waals surface area contributed by atoms with E-state index in [4.69, 9.17) is 13.8 Å². The second-order valence-corrected chi connectivity index (χ2v) is 14.1. The quantitative estimate of drug-likeness (QED) is 0.0939. The summed E-state index contributed by atoms with van der Waals surface area (Å²) in [4.78, 5) is 17.2. The fraction of sp³-hybridized carbons (Fsp3) is 0.349. The van der Waals surface area contributed by atoms with E-state index in [9.17, 15) is 9.90 Å². The van der Waals surface area contributed by atoms with E-state index in [1.807, 2.05) is 90.1 Å². The van der Waals surface area contributed by atoms with Crippen LogP contribution in [0.5, 0.6) is 0 Å². The van der Waals surface area contributed by atoms with Crippen molar-refractivity contribution < 1.29 is 38.8 Å². The molecular weight excluding hydrogens is 787 g/mol. The normalized spacial score (nSPS) is 13.9. The van der Waals surface area contributed by atoms with Crippen molar-refractivity contribution >= 4 is 38.8 Å². The third-order valence-electron chi connectivity index (χ3n) is 11.2. The van der Waals surface area contributed by atoms with Crippen LogP contribution in [-0.4, -0.2) is 15.9 Å². The fourth-order valence-electron chi connectivity index (χ4n) is 6.93. The van der Waals surface area contributed by atoms with Crippen LogP contribution in [0.15, 0.2) is 93.5 Å². The van der Waals surface area contributed by atoms with Crippen molar-refractivity contribution in [2.45, 2.75) is 86.5 Å². The van der Waals surface area contributed by atoms with Crippen LogP contribution in [0.1, 0.15) is 92.2 Å². The van der Waals surface area contributed by atoms with Gasteiger partial charge in [0.2, 0.25) is 0 Å². The zero-order chi connectivity index (χ0) is 34.4. The molecule has 0 amide bonds. The molecule has 49 heavy (non-hydrogen) atoms. The van der Waals surface area contributed by atoms with E-state index < -0.39 is 0 Å². The molecule has 1 radical (unpaired) electrons. The summed E-state index contributed by atoms with van der Waals surface area (Å²) in [5, 5.41) is 12.3. The van der Waals surface area contributed by atoms with Crippen LogP contribution < -0.4 is 0 Å². The Labute approximate surface area is 303 Å². The van der Waals surface area contributed by atoms with E-state index in [0.717, 1.165) is 75.9 Å². The number of nitrogens with zero attached hydrogens (tertiary/aromatic N) is 1. The van der Waals surface area contributed by atoms with E-state index in [1.54, 1.807) is 0 Å². The summed E-state index contributed by atoms with van der Waals surface area (Å²) in [5.41, 5.74) is 8.16. The number of hydrogen-bond acceptors (Lipinski definition) is 5. The molecule has 0 saturated heterocycles. The van der Waals surface area contributed by atoms with Crippen LogP contribution in [0.3, 0.4) is 0 Å². The van der Waals surface area contributed by atoms with Gasteiger partial charge < -0.3 is 13.9 Å². The second kappa shape index (κ2) is 13.7. The van der Waals surface area contributed by atoms with Gasteiger partial charge in [-0.2, -0.15) is 0 Å². The number of carbonyl (C=O) groups excluding carboxylic acids is 1. The number of para-hydroxylation sites is 2. The molecule has 1 N–H and O–H groups in total. The average molecular weight is 833 g/mol. The van der Waals surface area contributed by atoms with Gasteiger partial charge in [-0.15, -0.1) is 29.3 Å². The molecule has 3 heterocycles. The Kier molecular flexibility index (Phi) is 10.2. The molecule has 1 aliphatic carbocycles. The van der Waals surface area contributed by atoms with Crippen LogP contribution in [0, 0.1) is 16.9 Å². The van der Waals surface area contributed by atoms with Crippen LogP contribution in [-0.2, 0) is 30.3 Å². The maximum Gasteiger partial charge on any atom is 0.164 e. The predicted molar refractivity (Wildman–Crippen MR) is 196 cm³/mol. The molecule has 3 aromatic heterocycles. The van der Waals surface area contributed by atoms with Crippen LogP contribution in [0.4, 0.5) is 0 Å². The largest absolute Gasteiger partial charge is 0.512 e. The Balaban J connectivity index is 0.000000226. The summed E-state index contributed by atoms with van der Waals surface area (Å²) in [6, 6.07) is 27.9. The molecule has 0 saturated carbocycles. The molecule has 0 spiro atoms. The first-order valence-corrected chi connectivity index (χ1v) is 17.2. The van der Waals surface area contributed by atoms with E-state index >= 15 is 0 Å². The summed E-state index contributed by atoms with van der Waals surface area (Å²) < 4.78 is 12.3. The molecule has 0 bridgehead atoms. The van der Waals surface area contributed by atoms with E-state index in [1.165, 1.54) is 22.6 Å².